The van der Waals surface area contributed by atoms with Gasteiger partial charge in [0.05, 0.1) is 12.2 Å². The van der Waals surface area contributed by atoms with Crippen molar-refractivity contribution < 1.29 is 14.7 Å². The zero-order valence-corrected chi connectivity index (χ0v) is 14.5. The molecular weight excluding hydrogens is 310 g/mol. The number of aryl methyl sites for hydroxylation is 3. The van der Waals surface area contributed by atoms with Crippen LogP contribution in [0.4, 0.5) is 0 Å². The lowest BCUT2D eigenvalue weighted by molar-refractivity contribution is -0.130. The summed E-state index contributed by atoms with van der Waals surface area (Å²) in [6, 6.07) is 1.42. The van der Waals surface area contributed by atoms with Gasteiger partial charge < -0.3 is 10.0 Å². The van der Waals surface area contributed by atoms with Gasteiger partial charge in [-0.15, -0.1) is 0 Å². The van der Waals surface area contributed by atoms with E-state index in [-0.39, 0.29) is 24.6 Å². The first-order chi connectivity index (χ1) is 11.3. The summed E-state index contributed by atoms with van der Waals surface area (Å²) in [5.41, 5.74) is 3.13. The summed E-state index contributed by atoms with van der Waals surface area (Å²) in [6.07, 6.45) is 1.61. The minimum atomic E-state index is -1.05. The summed E-state index contributed by atoms with van der Waals surface area (Å²) in [7, 11) is 1.74. The minimum absolute atomic E-state index is 0.0649. The molecule has 0 unspecified atom stereocenters. The number of nitrogens with zero attached hydrogens (tertiary/aromatic N) is 5. The number of rotatable bonds is 7. The normalized spacial score (nSPS) is 10.8. The van der Waals surface area contributed by atoms with Crippen LogP contribution in [0.5, 0.6) is 0 Å². The number of hydrogen-bond donors (Lipinski definition) is 1. The minimum Gasteiger partial charge on any atom is -0.477 e. The molecule has 0 aliphatic carbocycles. The highest BCUT2D eigenvalue weighted by Crippen LogP contribution is 2.15. The zero-order valence-electron chi connectivity index (χ0n) is 14.5. The third kappa shape index (κ3) is 3.64. The number of amides is 1. The maximum Gasteiger partial charge on any atom is 0.354 e. The van der Waals surface area contributed by atoms with Gasteiger partial charge in [-0.25, -0.2) is 4.79 Å². The summed E-state index contributed by atoms with van der Waals surface area (Å²) >= 11 is 0. The summed E-state index contributed by atoms with van der Waals surface area (Å²) in [6.45, 7) is 7.49. The van der Waals surface area contributed by atoms with Crippen LogP contribution < -0.4 is 0 Å². The fraction of sp³-hybridized carbons (Fsp3) is 0.500. The summed E-state index contributed by atoms with van der Waals surface area (Å²) in [4.78, 5) is 25.0. The van der Waals surface area contributed by atoms with Crippen LogP contribution in [0.3, 0.4) is 0 Å². The molecular formula is C16H23N5O3. The number of carbonyl (C=O) groups excluding carboxylic acids is 1. The highest BCUT2D eigenvalue weighted by Gasteiger charge is 2.17. The van der Waals surface area contributed by atoms with Crippen LogP contribution in [0.2, 0.25) is 0 Å². The molecule has 1 N–H and O–H groups in total. The highest BCUT2D eigenvalue weighted by molar-refractivity contribution is 5.85. The number of carbonyl (C=O) groups is 2. The molecule has 0 spiro atoms. The van der Waals surface area contributed by atoms with Crippen molar-refractivity contribution in [3.63, 3.8) is 0 Å². The van der Waals surface area contributed by atoms with Gasteiger partial charge in [-0.1, -0.05) is 0 Å². The Bertz CT molecular complexity index is 747. The standard InChI is InChI=1S/C16H23N5O3/c1-5-20-12(3)13(11(2)18-20)10-19(4)15(22)7-9-21-14(16(23)24)6-8-17-21/h6,8H,5,7,9-10H2,1-4H3,(H,23,24). The molecule has 0 aliphatic heterocycles. The number of carboxylic acid groups (broad SMARTS) is 1. The fourth-order valence-corrected chi connectivity index (χ4v) is 2.68. The molecule has 0 atom stereocenters. The number of aromatic nitrogens is 4. The van der Waals surface area contributed by atoms with Crippen molar-refractivity contribution in [2.24, 2.45) is 0 Å². The molecule has 8 nitrogen and oxygen atoms in total. The highest BCUT2D eigenvalue weighted by atomic mass is 16.4. The van der Waals surface area contributed by atoms with E-state index in [0.717, 1.165) is 23.5 Å². The number of hydrogen-bond acceptors (Lipinski definition) is 4. The first-order valence-electron chi connectivity index (χ1n) is 7.87. The van der Waals surface area contributed by atoms with Gasteiger partial charge in [0.15, 0.2) is 0 Å². The van der Waals surface area contributed by atoms with E-state index in [9.17, 15) is 9.59 Å². The van der Waals surface area contributed by atoms with Crippen molar-refractivity contribution >= 4 is 11.9 Å². The second-order valence-electron chi connectivity index (χ2n) is 5.71. The summed E-state index contributed by atoms with van der Waals surface area (Å²) in [5, 5.41) is 17.5. The van der Waals surface area contributed by atoms with Gasteiger partial charge in [-0.05, 0) is 26.8 Å². The summed E-state index contributed by atoms with van der Waals surface area (Å²) in [5.74, 6) is -1.11. The monoisotopic (exact) mass is 333 g/mol. The second-order valence-corrected chi connectivity index (χ2v) is 5.71. The van der Waals surface area contributed by atoms with Crippen LogP contribution in [-0.2, 0) is 24.4 Å². The van der Waals surface area contributed by atoms with E-state index in [1.807, 2.05) is 25.5 Å². The molecule has 0 saturated heterocycles. The smallest absolute Gasteiger partial charge is 0.354 e. The maximum absolute atomic E-state index is 12.3. The lowest BCUT2D eigenvalue weighted by atomic mass is 10.2. The first kappa shape index (κ1) is 17.7. The molecule has 0 radical (unpaired) electrons. The average Bonchev–Trinajstić information content (AvgIpc) is 3.12. The SMILES string of the molecule is CCn1nc(C)c(CN(C)C(=O)CCn2nccc2C(=O)O)c1C. The average molecular weight is 333 g/mol. The van der Waals surface area contributed by atoms with Crippen molar-refractivity contribution in [1.82, 2.24) is 24.5 Å². The van der Waals surface area contributed by atoms with E-state index in [2.05, 4.69) is 10.2 Å². The quantitative estimate of drug-likeness (QED) is 0.828. The topological polar surface area (TPSA) is 93.3 Å². The largest absolute Gasteiger partial charge is 0.477 e. The third-order valence-electron chi connectivity index (χ3n) is 4.13. The van der Waals surface area contributed by atoms with Crippen LogP contribution in [0.1, 0.15) is 40.8 Å². The number of carboxylic acids is 1. The molecule has 2 aromatic rings. The predicted octanol–water partition coefficient (Wildman–Crippen LogP) is 1.46. The fourth-order valence-electron chi connectivity index (χ4n) is 2.68. The molecule has 0 aromatic carbocycles. The van der Waals surface area contributed by atoms with Gasteiger partial charge in [-0.2, -0.15) is 10.2 Å². The predicted molar refractivity (Wildman–Crippen MR) is 87.7 cm³/mol. The van der Waals surface area contributed by atoms with Crippen molar-refractivity contribution in [3.8, 4) is 0 Å². The van der Waals surface area contributed by atoms with Gasteiger partial charge in [0.2, 0.25) is 5.91 Å². The molecule has 8 heteroatoms. The van der Waals surface area contributed by atoms with Gasteiger partial charge in [-0.3, -0.25) is 14.2 Å². The maximum atomic E-state index is 12.3. The van der Waals surface area contributed by atoms with Crippen LogP contribution in [0.15, 0.2) is 12.3 Å². The first-order valence-corrected chi connectivity index (χ1v) is 7.87. The van der Waals surface area contributed by atoms with Crippen molar-refractivity contribution in [1.29, 1.82) is 0 Å². The molecule has 0 saturated carbocycles. The van der Waals surface area contributed by atoms with E-state index in [0.29, 0.717) is 6.54 Å². The van der Waals surface area contributed by atoms with E-state index in [1.165, 1.54) is 16.9 Å². The Balaban J connectivity index is 1.99. The molecule has 1 amide bonds. The Morgan fingerprint density at radius 3 is 2.58 bits per heavy atom. The Hall–Kier alpha value is -2.64. The van der Waals surface area contributed by atoms with Gasteiger partial charge in [0.25, 0.3) is 0 Å². The Kier molecular flexibility index (Phi) is 5.38. The second kappa shape index (κ2) is 7.29. The van der Waals surface area contributed by atoms with Gasteiger partial charge >= 0.3 is 5.97 Å². The van der Waals surface area contributed by atoms with Crippen molar-refractivity contribution in [2.75, 3.05) is 7.05 Å². The van der Waals surface area contributed by atoms with E-state index < -0.39 is 5.97 Å². The summed E-state index contributed by atoms with van der Waals surface area (Å²) < 4.78 is 3.26. The zero-order chi connectivity index (χ0) is 17.9. The molecule has 0 fully saturated rings. The van der Waals surface area contributed by atoms with E-state index in [1.54, 1.807) is 11.9 Å². The Morgan fingerprint density at radius 1 is 1.29 bits per heavy atom. The molecule has 24 heavy (non-hydrogen) atoms. The van der Waals surface area contributed by atoms with E-state index in [4.69, 9.17) is 5.11 Å². The number of aromatic carboxylic acids is 1. The van der Waals surface area contributed by atoms with Gasteiger partial charge in [0, 0.05) is 44.0 Å². The Labute approximate surface area is 140 Å². The van der Waals surface area contributed by atoms with Gasteiger partial charge in [0.1, 0.15) is 5.69 Å². The Morgan fingerprint density at radius 2 is 2.00 bits per heavy atom. The third-order valence-corrected chi connectivity index (χ3v) is 4.13. The molecule has 0 aliphatic rings. The van der Waals surface area contributed by atoms with Crippen LogP contribution in [0.25, 0.3) is 0 Å². The van der Waals surface area contributed by atoms with Crippen molar-refractivity contribution in [2.45, 2.75) is 46.8 Å². The molecule has 130 valence electrons. The lowest BCUT2D eigenvalue weighted by Crippen LogP contribution is -2.28. The van der Waals surface area contributed by atoms with Crippen LogP contribution >= 0.6 is 0 Å². The lowest BCUT2D eigenvalue weighted by Gasteiger charge is -2.18. The molecule has 2 rings (SSSR count). The van der Waals surface area contributed by atoms with Crippen LogP contribution in [0, 0.1) is 13.8 Å². The molecule has 2 aromatic heterocycles. The molecule has 0 bridgehead atoms. The van der Waals surface area contributed by atoms with Crippen LogP contribution in [-0.4, -0.2) is 48.5 Å². The van der Waals surface area contributed by atoms with Crippen molar-refractivity contribution in [3.05, 3.63) is 34.9 Å². The molecule has 2 heterocycles. The van der Waals surface area contributed by atoms with E-state index >= 15 is 0 Å².